The molecule has 0 aromatic carbocycles. The number of ether oxygens (including phenoxy) is 1. The highest BCUT2D eigenvalue weighted by Gasteiger charge is 2.19. The van der Waals surface area contributed by atoms with Crippen molar-refractivity contribution in [2.24, 2.45) is 14.1 Å². The molecule has 9 nitrogen and oxygen atoms in total. The maximum absolute atomic E-state index is 12.8. The molecular weight excluding hydrogens is 428 g/mol. The SMILES string of the molecule is COC(=O)c1ccc(CSc2nc(-c3cccs3)nc3c2c(=O)n(C)c(=O)n3C)o1. The zero-order valence-electron chi connectivity index (χ0n) is 16.2. The van der Waals surface area contributed by atoms with E-state index in [0.717, 1.165) is 9.44 Å². The van der Waals surface area contributed by atoms with Crippen LogP contribution in [0.5, 0.6) is 0 Å². The lowest BCUT2D eigenvalue weighted by atomic mass is 10.3. The molecule has 0 saturated carbocycles. The molecule has 0 aliphatic heterocycles. The summed E-state index contributed by atoms with van der Waals surface area (Å²) >= 11 is 2.72. The number of aryl methyl sites for hydroxylation is 1. The molecule has 0 aliphatic carbocycles. The number of fused-ring (bicyclic) bond motifs is 1. The van der Waals surface area contributed by atoms with E-state index in [2.05, 4.69) is 14.7 Å². The number of hydrogen-bond acceptors (Lipinski definition) is 9. The summed E-state index contributed by atoms with van der Waals surface area (Å²) in [5.74, 6) is 0.796. The number of nitrogens with zero attached hydrogens (tertiary/aromatic N) is 4. The standard InChI is InChI=1S/C19H16N4O5S2/c1-22-15-13(17(24)23(2)19(22)26)16(21-14(20-15)12-5-4-8-29-12)30-9-10-6-7-11(28-10)18(25)27-3/h4-8H,9H2,1-3H3. The molecule has 0 spiro atoms. The average molecular weight is 444 g/mol. The molecule has 0 fully saturated rings. The van der Waals surface area contributed by atoms with Gasteiger partial charge < -0.3 is 9.15 Å². The molecule has 0 aliphatic rings. The number of hydrogen-bond donors (Lipinski definition) is 0. The second-order valence-electron chi connectivity index (χ2n) is 6.28. The van der Waals surface area contributed by atoms with Crippen LogP contribution >= 0.6 is 23.1 Å². The number of carbonyl (C=O) groups is 1. The first-order valence-electron chi connectivity index (χ1n) is 8.72. The fraction of sp³-hybridized carbons (Fsp3) is 0.211. The normalized spacial score (nSPS) is 11.2. The number of aromatic nitrogens is 4. The molecular formula is C19H16N4O5S2. The van der Waals surface area contributed by atoms with E-state index in [9.17, 15) is 14.4 Å². The number of methoxy groups -OCH3 is 1. The Bertz CT molecular complexity index is 1370. The lowest BCUT2D eigenvalue weighted by molar-refractivity contribution is 0.0563. The highest BCUT2D eigenvalue weighted by Crippen LogP contribution is 2.30. The molecule has 154 valence electrons. The predicted molar refractivity (Wildman–Crippen MR) is 113 cm³/mol. The van der Waals surface area contributed by atoms with Crippen molar-refractivity contribution in [1.82, 2.24) is 19.1 Å². The Hall–Kier alpha value is -3.18. The minimum atomic E-state index is -0.567. The Kier molecular flexibility index (Phi) is 5.31. The van der Waals surface area contributed by atoms with Crippen molar-refractivity contribution in [3.63, 3.8) is 0 Å². The fourth-order valence-electron chi connectivity index (χ4n) is 2.85. The molecule has 0 N–H and O–H groups in total. The number of rotatable bonds is 5. The molecule has 0 unspecified atom stereocenters. The minimum absolute atomic E-state index is 0.0956. The zero-order valence-corrected chi connectivity index (χ0v) is 17.9. The summed E-state index contributed by atoms with van der Waals surface area (Å²) < 4.78 is 12.5. The number of furan rings is 1. The van der Waals surface area contributed by atoms with Crippen LogP contribution in [0.1, 0.15) is 16.3 Å². The molecule has 0 saturated heterocycles. The third kappa shape index (κ3) is 3.46. The van der Waals surface area contributed by atoms with Gasteiger partial charge in [0.05, 0.1) is 17.7 Å². The topological polar surface area (TPSA) is 109 Å². The molecule has 4 aromatic heterocycles. The minimum Gasteiger partial charge on any atom is -0.463 e. The maximum atomic E-state index is 12.8. The van der Waals surface area contributed by atoms with Gasteiger partial charge in [0.25, 0.3) is 5.56 Å². The first kappa shape index (κ1) is 20.1. The molecule has 0 radical (unpaired) electrons. The van der Waals surface area contributed by atoms with E-state index in [1.807, 2.05) is 17.5 Å². The number of thiophene rings is 1. The highest BCUT2D eigenvalue weighted by molar-refractivity contribution is 7.98. The van der Waals surface area contributed by atoms with Crippen molar-refractivity contribution < 1.29 is 13.9 Å². The van der Waals surface area contributed by atoms with Crippen LogP contribution in [0.3, 0.4) is 0 Å². The second-order valence-corrected chi connectivity index (χ2v) is 8.19. The molecule has 4 rings (SSSR count). The number of thioether (sulfide) groups is 1. The van der Waals surface area contributed by atoms with E-state index >= 15 is 0 Å². The quantitative estimate of drug-likeness (QED) is 0.262. The summed E-state index contributed by atoms with van der Waals surface area (Å²) in [4.78, 5) is 46.7. The number of esters is 1. The lowest BCUT2D eigenvalue weighted by Crippen LogP contribution is -2.37. The van der Waals surface area contributed by atoms with Gasteiger partial charge in [0, 0.05) is 14.1 Å². The van der Waals surface area contributed by atoms with Gasteiger partial charge in [-0.15, -0.1) is 11.3 Å². The van der Waals surface area contributed by atoms with Crippen LogP contribution in [0.4, 0.5) is 0 Å². The van der Waals surface area contributed by atoms with Crippen LogP contribution in [0, 0.1) is 0 Å². The van der Waals surface area contributed by atoms with Gasteiger partial charge in [0.2, 0.25) is 5.76 Å². The number of carbonyl (C=O) groups excluding carboxylic acids is 1. The monoisotopic (exact) mass is 444 g/mol. The van der Waals surface area contributed by atoms with Crippen molar-refractivity contribution in [3.8, 4) is 10.7 Å². The lowest BCUT2D eigenvalue weighted by Gasteiger charge is -2.11. The van der Waals surface area contributed by atoms with E-state index in [4.69, 9.17) is 4.42 Å². The van der Waals surface area contributed by atoms with E-state index in [1.54, 1.807) is 13.1 Å². The Balaban J connectivity index is 1.83. The molecule has 11 heteroatoms. The van der Waals surface area contributed by atoms with Crippen LogP contribution in [0.2, 0.25) is 0 Å². The van der Waals surface area contributed by atoms with Crippen molar-refractivity contribution in [1.29, 1.82) is 0 Å². The van der Waals surface area contributed by atoms with Crippen LogP contribution in [0.25, 0.3) is 21.7 Å². The molecule has 4 aromatic rings. The van der Waals surface area contributed by atoms with Gasteiger partial charge in [-0.25, -0.2) is 19.6 Å². The summed E-state index contributed by atoms with van der Waals surface area (Å²) in [5, 5.41) is 2.58. The summed E-state index contributed by atoms with van der Waals surface area (Å²) in [6.07, 6.45) is 0. The Morgan fingerprint density at radius 2 is 2.00 bits per heavy atom. The van der Waals surface area contributed by atoms with Gasteiger partial charge in [0.1, 0.15) is 16.2 Å². The summed E-state index contributed by atoms with van der Waals surface area (Å²) in [6.45, 7) is 0. The smallest absolute Gasteiger partial charge is 0.373 e. The van der Waals surface area contributed by atoms with Crippen LogP contribution < -0.4 is 11.2 Å². The molecule has 0 atom stereocenters. The van der Waals surface area contributed by atoms with Gasteiger partial charge in [0.15, 0.2) is 11.5 Å². The molecule has 30 heavy (non-hydrogen) atoms. The second kappa shape index (κ2) is 7.92. The summed E-state index contributed by atoms with van der Waals surface area (Å²) in [7, 11) is 4.26. The Labute approximate surface area is 178 Å². The Morgan fingerprint density at radius 1 is 1.20 bits per heavy atom. The van der Waals surface area contributed by atoms with Gasteiger partial charge in [-0.3, -0.25) is 13.9 Å². The first-order chi connectivity index (χ1) is 14.4. The Morgan fingerprint density at radius 3 is 2.70 bits per heavy atom. The molecule has 4 heterocycles. The van der Waals surface area contributed by atoms with Gasteiger partial charge in [-0.1, -0.05) is 17.8 Å². The first-order valence-corrected chi connectivity index (χ1v) is 10.6. The van der Waals surface area contributed by atoms with E-state index in [1.165, 1.54) is 47.9 Å². The van der Waals surface area contributed by atoms with Gasteiger partial charge in [-0.2, -0.15) is 0 Å². The van der Waals surface area contributed by atoms with Crippen LogP contribution in [0.15, 0.2) is 48.7 Å². The van der Waals surface area contributed by atoms with E-state index in [-0.39, 0.29) is 16.8 Å². The van der Waals surface area contributed by atoms with Crippen molar-refractivity contribution >= 4 is 40.1 Å². The van der Waals surface area contributed by atoms with Crippen molar-refractivity contribution in [3.05, 3.63) is 62.0 Å². The van der Waals surface area contributed by atoms with Crippen LogP contribution in [-0.2, 0) is 24.6 Å². The third-order valence-electron chi connectivity index (χ3n) is 4.41. The average Bonchev–Trinajstić information content (AvgIpc) is 3.46. The molecule has 0 bridgehead atoms. The van der Waals surface area contributed by atoms with E-state index < -0.39 is 17.2 Å². The van der Waals surface area contributed by atoms with Gasteiger partial charge in [-0.05, 0) is 23.6 Å². The zero-order chi connectivity index (χ0) is 21.4. The molecule has 0 amide bonds. The maximum Gasteiger partial charge on any atom is 0.373 e. The largest absolute Gasteiger partial charge is 0.463 e. The fourth-order valence-corrected chi connectivity index (χ4v) is 4.42. The van der Waals surface area contributed by atoms with Crippen molar-refractivity contribution in [2.45, 2.75) is 10.8 Å². The van der Waals surface area contributed by atoms with Crippen molar-refractivity contribution in [2.75, 3.05) is 7.11 Å². The van der Waals surface area contributed by atoms with Gasteiger partial charge >= 0.3 is 11.7 Å². The highest BCUT2D eigenvalue weighted by atomic mass is 32.2. The summed E-state index contributed by atoms with van der Waals surface area (Å²) in [6, 6.07) is 6.94. The van der Waals surface area contributed by atoms with Crippen LogP contribution in [-0.4, -0.2) is 32.2 Å². The summed E-state index contributed by atoms with van der Waals surface area (Å²) in [5.41, 5.74) is -0.672. The third-order valence-corrected chi connectivity index (χ3v) is 6.27. The predicted octanol–water partition coefficient (Wildman–Crippen LogP) is 2.43. The van der Waals surface area contributed by atoms with E-state index in [0.29, 0.717) is 22.4 Å².